The van der Waals surface area contributed by atoms with E-state index in [2.05, 4.69) is 21.8 Å². The average Bonchev–Trinajstić information content (AvgIpc) is 3.09. The fourth-order valence-corrected chi connectivity index (χ4v) is 2.87. The van der Waals surface area contributed by atoms with Crippen LogP contribution in [-0.4, -0.2) is 34.8 Å². The number of benzene rings is 1. The van der Waals surface area contributed by atoms with E-state index >= 15 is 0 Å². The van der Waals surface area contributed by atoms with E-state index < -0.39 is 0 Å². The van der Waals surface area contributed by atoms with Crippen molar-refractivity contribution in [1.29, 1.82) is 0 Å². The van der Waals surface area contributed by atoms with Crippen LogP contribution >= 0.6 is 0 Å². The number of aromatic nitrogens is 2. The van der Waals surface area contributed by atoms with E-state index in [1.54, 1.807) is 0 Å². The molecule has 2 heterocycles. The van der Waals surface area contributed by atoms with Gasteiger partial charge in [-0.2, -0.15) is 5.10 Å². The van der Waals surface area contributed by atoms with Gasteiger partial charge in [-0.1, -0.05) is 12.1 Å². The molecular formula is C17H22N4O. The van der Waals surface area contributed by atoms with Gasteiger partial charge in [-0.05, 0) is 50.6 Å². The maximum Gasteiger partial charge on any atom is 0.251 e. The summed E-state index contributed by atoms with van der Waals surface area (Å²) in [4.78, 5) is 12.3. The van der Waals surface area contributed by atoms with Crippen molar-refractivity contribution < 1.29 is 4.79 Å². The summed E-state index contributed by atoms with van der Waals surface area (Å²) in [6.07, 6.45) is 0.997. The molecule has 3 rings (SSSR count). The molecule has 0 saturated carbocycles. The quantitative estimate of drug-likeness (QED) is 0.902. The van der Waals surface area contributed by atoms with Crippen LogP contribution in [0.2, 0.25) is 0 Å². The minimum atomic E-state index is 0.00363. The molecule has 0 aliphatic carbocycles. The van der Waals surface area contributed by atoms with Crippen molar-refractivity contribution in [2.24, 2.45) is 0 Å². The number of rotatable bonds is 4. The van der Waals surface area contributed by atoms with Gasteiger partial charge in [-0.15, -0.1) is 0 Å². The summed E-state index contributed by atoms with van der Waals surface area (Å²) in [5, 5.41) is 10.8. The molecule has 5 nitrogen and oxygen atoms in total. The number of hydrogen-bond donors (Lipinski definition) is 2. The highest BCUT2D eigenvalue weighted by Gasteiger charge is 2.17. The van der Waals surface area contributed by atoms with E-state index in [4.69, 9.17) is 0 Å². The van der Waals surface area contributed by atoms with Crippen molar-refractivity contribution in [1.82, 2.24) is 20.4 Å². The number of carbonyl (C=O) groups excluding carboxylic acids is 1. The predicted molar refractivity (Wildman–Crippen MR) is 86.0 cm³/mol. The zero-order chi connectivity index (χ0) is 15.5. The van der Waals surface area contributed by atoms with Crippen LogP contribution in [0, 0.1) is 13.8 Å². The molecule has 1 atom stereocenters. The fourth-order valence-electron chi connectivity index (χ4n) is 2.87. The van der Waals surface area contributed by atoms with Crippen molar-refractivity contribution in [3.8, 4) is 0 Å². The summed E-state index contributed by atoms with van der Waals surface area (Å²) in [5.74, 6) is 0.00363. The Morgan fingerprint density at radius 3 is 2.95 bits per heavy atom. The maximum absolute atomic E-state index is 12.3. The highest BCUT2D eigenvalue weighted by molar-refractivity contribution is 5.94. The third-order valence-electron chi connectivity index (χ3n) is 4.02. The highest BCUT2D eigenvalue weighted by atomic mass is 16.1. The molecule has 1 aromatic heterocycles. The molecule has 1 aliphatic rings. The van der Waals surface area contributed by atoms with Gasteiger partial charge in [-0.3, -0.25) is 9.48 Å². The Morgan fingerprint density at radius 1 is 1.41 bits per heavy atom. The molecule has 116 valence electrons. The van der Waals surface area contributed by atoms with E-state index in [1.165, 1.54) is 0 Å². The van der Waals surface area contributed by atoms with Crippen molar-refractivity contribution in [2.75, 3.05) is 13.1 Å². The maximum atomic E-state index is 12.3. The normalized spacial score (nSPS) is 17.6. The lowest BCUT2D eigenvalue weighted by Crippen LogP contribution is -2.36. The Hall–Kier alpha value is -2.14. The minimum absolute atomic E-state index is 0.00363. The van der Waals surface area contributed by atoms with E-state index in [9.17, 15) is 4.79 Å². The van der Waals surface area contributed by atoms with Crippen molar-refractivity contribution in [3.05, 3.63) is 52.8 Å². The van der Waals surface area contributed by atoms with Crippen LogP contribution < -0.4 is 10.6 Å². The van der Waals surface area contributed by atoms with E-state index in [0.717, 1.165) is 36.5 Å². The molecular weight excluding hydrogens is 276 g/mol. The summed E-state index contributed by atoms with van der Waals surface area (Å²) in [6.45, 7) is 6.55. The van der Waals surface area contributed by atoms with Gasteiger partial charge in [0.05, 0.1) is 12.2 Å². The Morgan fingerprint density at radius 2 is 2.27 bits per heavy atom. The number of hydrogen-bond acceptors (Lipinski definition) is 3. The van der Waals surface area contributed by atoms with Crippen molar-refractivity contribution in [3.63, 3.8) is 0 Å². The topological polar surface area (TPSA) is 59.0 Å². The van der Waals surface area contributed by atoms with Crippen LogP contribution in [0.3, 0.4) is 0 Å². The second-order valence-electron chi connectivity index (χ2n) is 5.95. The molecule has 22 heavy (non-hydrogen) atoms. The second kappa shape index (κ2) is 6.32. The molecule has 1 saturated heterocycles. The molecule has 0 bridgehead atoms. The first-order valence-electron chi connectivity index (χ1n) is 7.73. The van der Waals surface area contributed by atoms with Gasteiger partial charge in [0.15, 0.2) is 0 Å². The first-order valence-corrected chi connectivity index (χ1v) is 7.73. The Balaban J connectivity index is 1.71. The van der Waals surface area contributed by atoms with Crippen LogP contribution in [0.25, 0.3) is 0 Å². The third-order valence-corrected chi connectivity index (χ3v) is 4.02. The molecule has 1 unspecified atom stereocenters. The molecule has 0 spiro atoms. The van der Waals surface area contributed by atoms with Gasteiger partial charge in [0.25, 0.3) is 5.91 Å². The van der Waals surface area contributed by atoms with Gasteiger partial charge >= 0.3 is 0 Å². The van der Waals surface area contributed by atoms with Gasteiger partial charge < -0.3 is 10.6 Å². The van der Waals surface area contributed by atoms with Crippen LogP contribution in [0.5, 0.6) is 0 Å². The second-order valence-corrected chi connectivity index (χ2v) is 5.95. The van der Waals surface area contributed by atoms with Gasteiger partial charge in [0.1, 0.15) is 0 Å². The third kappa shape index (κ3) is 3.36. The lowest BCUT2D eigenvalue weighted by Gasteiger charge is -2.12. The minimum Gasteiger partial charge on any atom is -0.348 e. The number of nitrogens with one attached hydrogen (secondary N) is 2. The number of nitrogens with zero attached hydrogens (tertiary/aromatic N) is 2. The van der Waals surface area contributed by atoms with Gasteiger partial charge in [0, 0.05) is 23.8 Å². The Bertz CT molecular complexity index is 671. The first-order chi connectivity index (χ1) is 10.6. The lowest BCUT2D eigenvalue weighted by molar-refractivity contribution is 0.0940. The summed E-state index contributed by atoms with van der Waals surface area (Å²) in [5.41, 5.74) is 3.94. The summed E-state index contributed by atoms with van der Waals surface area (Å²) >= 11 is 0. The Labute approximate surface area is 130 Å². The molecule has 1 amide bonds. The number of carbonyl (C=O) groups is 1. The lowest BCUT2D eigenvalue weighted by atomic mass is 10.1. The standard InChI is InChI=1S/C17H22N4O/c1-12-8-13(2)21(20-12)11-14-4-3-5-15(9-14)17(22)19-16-6-7-18-10-16/h3-5,8-9,16,18H,6-7,10-11H2,1-2H3,(H,19,22). The summed E-state index contributed by atoms with van der Waals surface area (Å²) in [7, 11) is 0. The molecule has 0 radical (unpaired) electrons. The van der Waals surface area contributed by atoms with Crippen LogP contribution in [0.1, 0.15) is 33.7 Å². The van der Waals surface area contributed by atoms with E-state index in [0.29, 0.717) is 12.1 Å². The SMILES string of the molecule is Cc1cc(C)n(Cc2cccc(C(=O)NC3CCNC3)c2)n1. The average molecular weight is 298 g/mol. The monoisotopic (exact) mass is 298 g/mol. The zero-order valence-corrected chi connectivity index (χ0v) is 13.1. The molecule has 2 N–H and O–H groups in total. The summed E-state index contributed by atoms with van der Waals surface area (Å²) in [6, 6.07) is 10.1. The highest BCUT2D eigenvalue weighted by Crippen LogP contribution is 2.10. The van der Waals surface area contributed by atoms with Crippen LogP contribution in [0.4, 0.5) is 0 Å². The van der Waals surface area contributed by atoms with E-state index in [-0.39, 0.29) is 11.9 Å². The molecule has 5 heteroatoms. The molecule has 1 fully saturated rings. The molecule has 2 aromatic rings. The molecule has 1 aliphatic heterocycles. The van der Waals surface area contributed by atoms with Crippen LogP contribution in [-0.2, 0) is 6.54 Å². The summed E-state index contributed by atoms with van der Waals surface area (Å²) < 4.78 is 1.97. The van der Waals surface area contributed by atoms with Gasteiger partial charge in [0.2, 0.25) is 0 Å². The number of amides is 1. The van der Waals surface area contributed by atoms with Crippen LogP contribution in [0.15, 0.2) is 30.3 Å². The van der Waals surface area contributed by atoms with Crippen molar-refractivity contribution in [2.45, 2.75) is 32.9 Å². The zero-order valence-electron chi connectivity index (χ0n) is 13.1. The fraction of sp³-hybridized carbons (Fsp3) is 0.412. The predicted octanol–water partition coefficient (Wildman–Crippen LogP) is 1.64. The molecule has 1 aromatic carbocycles. The Kier molecular flexibility index (Phi) is 4.24. The number of aryl methyl sites for hydroxylation is 2. The van der Waals surface area contributed by atoms with Crippen molar-refractivity contribution >= 4 is 5.91 Å². The largest absolute Gasteiger partial charge is 0.348 e. The smallest absolute Gasteiger partial charge is 0.251 e. The first kappa shape index (κ1) is 14.8. The van der Waals surface area contributed by atoms with Gasteiger partial charge in [-0.25, -0.2) is 0 Å². The van der Waals surface area contributed by atoms with E-state index in [1.807, 2.05) is 42.8 Å².